The summed E-state index contributed by atoms with van der Waals surface area (Å²) in [5, 5.41) is 11.6. The second-order valence-electron chi connectivity index (χ2n) is 4.26. The molecule has 0 saturated carbocycles. The molecule has 2 rings (SSSR count). The molecule has 0 atom stereocenters. The van der Waals surface area contributed by atoms with Gasteiger partial charge in [-0.05, 0) is 46.3 Å². The molecule has 0 bridgehead atoms. The summed E-state index contributed by atoms with van der Waals surface area (Å²) in [7, 11) is 1.51. The number of nitrogen functional groups attached to an aromatic ring is 1. The van der Waals surface area contributed by atoms with E-state index >= 15 is 0 Å². The van der Waals surface area contributed by atoms with Crippen LogP contribution >= 0.6 is 15.9 Å². The van der Waals surface area contributed by atoms with E-state index in [4.69, 9.17) is 15.7 Å². The van der Waals surface area contributed by atoms with Crippen molar-refractivity contribution in [2.24, 2.45) is 0 Å². The average molecular weight is 346 g/mol. The summed E-state index contributed by atoms with van der Waals surface area (Å²) in [6.45, 7) is 0. The predicted octanol–water partition coefficient (Wildman–Crippen LogP) is 3.16. The SMILES string of the molecule is COc1cc(N)cc(C(=O)Nc2ccc(C#N)cc2Br)c1. The van der Waals surface area contributed by atoms with Gasteiger partial charge in [0, 0.05) is 21.8 Å². The van der Waals surface area contributed by atoms with Gasteiger partial charge in [-0.3, -0.25) is 4.79 Å². The monoisotopic (exact) mass is 345 g/mol. The summed E-state index contributed by atoms with van der Waals surface area (Å²) in [6.07, 6.45) is 0. The van der Waals surface area contributed by atoms with E-state index in [1.807, 2.05) is 6.07 Å². The molecule has 0 spiro atoms. The van der Waals surface area contributed by atoms with Crippen LogP contribution in [0.1, 0.15) is 15.9 Å². The van der Waals surface area contributed by atoms with Crippen LogP contribution in [-0.4, -0.2) is 13.0 Å². The van der Waals surface area contributed by atoms with E-state index in [1.54, 1.807) is 36.4 Å². The number of nitrogens with zero attached hydrogens (tertiary/aromatic N) is 1. The number of methoxy groups -OCH3 is 1. The molecule has 0 fully saturated rings. The van der Waals surface area contributed by atoms with Crippen molar-refractivity contribution in [2.45, 2.75) is 0 Å². The average Bonchev–Trinajstić information content (AvgIpc) is 2.48. The van der Waals surface area contributed by atoms with Crippen molar-refractivity contribution >= 4 is 33.2 Å². The number of benzene rings is 2. The van der Waals surface area contributed by atoms with Gasteiger partial charge in [-0.25, -0.2) is 0 Å². The highest BCUT2D eigenvalue weighted by atomic mass is 79.9. The Morgan fingerprint density at radius 1 is 1.33 bits per heavy atom. The van der Waals surface area contributed by atoms with Gasteiger partial charge in [0.05, 0.1) is 24.4 Å². The summed E-state index contributed by atoms with van der Waals surface area (Å²) in [6, 6.07) is 11.7. The zero-order valence-electron chi connectivity index (χ0n) is 11.2. The number of carbonyl (C=O) groups is 1. The molecule has 106 valence electrons. The second-order valence-corrected chi connectivity index (χ2v) is 5.11. The van der Waals surface area contributed by atoms with Gasteiger partial charge >= 0.3 is 0 Å². The molecule has 2 aromatic carbocycles. The van der Waals surface area contributed by atoms with Gasteiger partial charge < -0.3 is 15.8 Å². The number of rotatable bonds is 3. The van der Waals surface area contributed by atoms with Crippen LogP contribution in [0.15, 0.2) is 40.9 Å². The van der Waals surface area contributed by atoms with Crippen LogP contribution < -0.4 is 15.8 Å². The smallest absolute Gasteiger partial charge is 0.255 e. The molecule has 0 radical (unpaired) electrons. The summed E-state index contributed by atoms with van der Waals surface area (Å²) in [5.41, 5.74) is 7.64. The van der Waals surface area contributed by atoms with Gasteiger partial charge in [-0.15, -0.1) is 0 Å². The maximum Gasteiger partial charge on any atom is 0.255 e. The third kappa shape index (κ3) is 3.52. The van der Waals surface area contributed by atoms with Crippen LogP contribution in [0.4, 0.5) is 11.4 Å². The fourth-order valence-corrected chi connectivity index (χ4v) is 2.23. The van der Waals surface area contributed by atoms with E-state index in [9.17, 15) is 4.79 Å². The number of nitrogens with one attached hydrogen (secondary N) is 1. The zero-order chi connectivity index (χ0) is 15.4. The number of anilines is 2. The first-order chi connectivity index (χ1) is 10.0. The third-order valence-electron chi connectivity index (χ3n) is 2.77. The summed E-state index contributed by atoms with van der Waals surface area (Å²) in [5.74, 6) is 0.199. The van der Waals surface area contributed by atoms with Crippen LogP contribution in [0.25, 0.3) is 0 Å². The van der Waals surface area contributed by atoms with E-state index in [2.05, 4.69) is 21.2 Å². The van der Waals surface area contributed by atoms with Crippen molar-refractivity contribution in [3.05, 3.63) is 52.0 Å². The Labute approximate surface area is 130 Å². The van der Waals surface area contributed by atoms with Gasteiger partial charge in [-0.2, -0.15) is 5.26 Å². The minimum atomic E-state index is -0.314. The highest BCUT2D eigenvalue weighted by Crippen LogP contribution is 2.25. The van der Waals surface area contributed by atoms with Crippen molar-refractivity contribution < 1.29 is 9.53 Å². The van der Waals surface area contributed by atoms with E-state index in [1.165, 1.54) is 7.11 Å². The first-order valence-electron chi connectivity index (χ1n) is 5.99. The first kappa shape index (κ1) is 14.9. The molecule has 0 aliphatic carbocycles. The zero-order valence-corrected chi connectivity index (χ0v) is 12.8. The van der Waals surface area contributed by atoms with Gasteiger partial charge in [0.15, 0.2) is 0 Å². The fraction of sp³-hybridized carbons (Fsp3) is 0.0667. The van der Waals surface area contributed by atoms with Gasteiger partial charge in [-0.1, -0.05) is 0 Å². The lowest BCUT2D eigenvalue weighted by molar-refractivity contribution is 0.102. The maximum atomic E-state index is 12.2. The van der Waals surface area contributed by atoms with Crippen molar-refractivity contribution in [2.75, 3.05) is 18.2 Å². The van der Waals surface area contributed by atoms with Crippen LogP contribution in [0.5, 0.6) is 5.75 Å². The number of hydrogen-bond donors (Lipinski definition) is 2. The molecule has 0 saturated heterocycles. The van der Waals surface area contributed by atoms with Crippen LogP contribution in [0, 0.1) is 11.3 Å². The molecule has 0 aromatic heterocycles. The van der Waals surface area contributed by atoms with Crippen LogP contribution in [0.3, 0.4) is 0 Å². The molecule has 6 heteroatoms. The maximum absolute atomic E-state index is 12.2. The number of nitrogens with two attached hydrogens (primary N) is 1. The molecular formula is C15H12BrN3O2. The van der Waals surface area contributed by atoms with Crippen LogP contribution in [0.2, 0.25) is 0 Å². The minimum Gasteiger partial charge on any atom is -0.497 e. The summed E-state index contributed by atoms with van der Waals surface area (Å²) < 4.78 is 5.72. The molecule has 0 aliphatic rings. The number of amides is 1. The van der Waals surface area contributed by atoms with Crippen molar-refractivity contribution in [3.63, 3.8) is 0 Å². The molecule has 3 N–H and O–H groups in total. The van der Waals surface area contributed by atoms with Gasteiger partial charge in [0.25, 0.3) is 5.91 Å². The van der Waals surface area contributed by atoms with Crippen LogP contribution in [-0.2, 0) is 0 Å². The predicted molar refractivity (Wildman–Crippen MR) is 84.2 cm³/mol. The molecule has 1 amide bonds. The van der Waals surface area contributed by atoms with Gasteiger partial charge in [0.2, 0.25) is 0 Å². The Kier molecular flexibility index (Phi) is 4.45. The quantitative estimate of drug-likeness (QED) is 0.836. The number of ether oxygens (including phenoxy) is 1. The first-order valence-corrected chi connectivity index (χ1v) is 6.78. The van der Waals surface area contributed by atoms with E-state index in [0.29, 0.717) is 32.7 Å². The lowest BCUT2D eigenvalue weighted by Gasteiger charge is -2.09. The molecule has 0 heterocycles. The largest absolute Gasteiger partial charge is 0.497 e. The van der Waals surface area contributed by atoms with E-state index in [0.717, 1.165) is 0 Å². The Morgan fingerprint density at radius 2 is 2.10 bits per heavy atom. The van der Waals surface area contributed by atoms with Gasteiger partial charge in [0.1, 0.15) is 5.75 Å². The highest BCUT2D eigenvalue weighted by Gasteiger charge is 2.11. The number of halogens is 1. The standard InChI is InChI=1S/C15H12BrN3O2/c1-21-12-6-10(5-11(18)7-12)15(20)19-14-3-2-9(8-17)4-13(14)16/h2-7H,18H2,1H3,(H,19,20). The minimum absolute atomic E-state index is 0.314. The highest BCUT2D eigenvalue weighted by molar-refractivity contribution is 9.10. The van der Waals surface area contributed by atoms with E-state index in [-0.39, 0.29) is 5.91 Å². The summed E-state index contributed by atoms with van der Waals surface area (Å²) in [4.78, 5) is 12.2. The fourth-order valence-electron chi connectivity index (χ4n) is 1.75. The van der Waals surface area contributed by atoms with Crippen molar-refractivity contribution in [1.29, 1.82) is 5.26 Å². The number of carbonyl (C=O) groups excluding carboxylic acids is 1. The normalized spacial score (nSPS) is 9.76. The lowest BCUT2D eigenvalue weighted by Crippen LogP contribution is -2.13. The third-order valence-corrected chi connectivity index (χ3v) is 3.43. The molecule has 21 heavy (non-hydrogen) atoms. The lowest BCUT2D eigenvalue weighted by atomic mass is 10.1. The summed E-state index contributed by atoms with van der Waals surface area (Å²) >= 11 is 3.32. The Morgan fingerprint density at radius 3 is 2.71 bits per heavy atom. The molecule has 0 aliphatic heterocycles. The number of nitriles is 1. The van der Waals surface area contributed by atoms with Crippen molar-refractivity contribution in [1.82, 2.24) is 0 Å². The molecule has 2 aromatic rings. The Bertz CT molecular complexity index is 738. The van der Waals surface area contributed by atoms with Crippen molar-refractivity contribution in [3.8, 4) is 11.8 Å². The molecular weight excluding hydrogens is 334 g/mol. The molecule has 0 unspecified atom stereocenters. The molecule has 5 nitrogen and oxygen atoms in total. The Balaban J connectivity index is 2.26. The topological polar surface area (TPSA) is 88.1 Å². The van der Waals surface area contributed by atoms with E-state index < -0.39 is 0 Å². The Hall–Kier alpha value is -2.52. The second kappa shape index (κ2) is 6.29. The number of hydrogen-bond acceptors (Lipinski definition) is 4.